The molecule has 0 saturated heterocycles. The monoisotopic (exact) mass is 142 g/mol. The summed E-state index contributed by atoms with van der Waals surface area (Å²) in [6, 6.07) is 0. The third-order valence-electron chi connectivity index (χ3n) is 1.23. The second-order valence-electron chi connectivity index (χ2n) is 2.15. The Morgan fingerprint density at radius 3 is 2.60 bits per heavy atom. The average Bonchev–Trinajstić information content (AvgIpc) is 1.85. The fraction of sp³-hybridized carbons (Fsp3) is 0.429. The first-order chi connectivity index (χ1) is 4.57. The molecule has 3 heteroatoms. The lowest BCUT2D eigenvalue weighted by Gasteiger charge is -2.02. The van der Waals surface area contributed by atoms with Crippen LogP contribution in [0.5, 0.6) is 0 Å². The van der Waals surface area contributed by atoms with Gasteiger partial charge in [0, 0.05) is 5.92 Å². The zero-order valence-corrected chi connectivity index (χ0v) is 5.83. The summed E-state index contributed by atoms with van der Waals surface area (Å²) in [6.07, 6.45) is 0.561. The third-order valence-corrected chi connectivity index (χ3v) is 1.23. The van der Waals surface area contributed by atoms with Crippen LogP contribution in [0.2, 0.25) is 0 Å². The molecule has 56 valence electrons. The molecule has 0 saturated carbocycles. The molecule has 0 aliphatic heterocycles. The predicted octanol–water partition coefficient (Wildman–Crippen LogP) is 0.852. The summed E-state index contributed by atoms with van der Waals surface area (Å²) in [5, 5.41) is 8.25. The summed E-state index contributed by atoms with van der Waals surface area (Å²) >= 11 is 0. The molecule has 1 atom stereocenters. The lowest BCUT2D eigenvalue weighted by Crippen LogP contribution is -2.05. The van der Waals surface area contributed by atoms with E-state index in [1.54, 1.807) is 6.92 Å². The number of hydrogen-bond donors (Lipinski definition) is 1. The van der Waals surface area contributed by atoms with Crippen LogP contribution in [0.4, 0.5) is 0 Å². The van der Waals surface area contributed by atoms with Crippen molar-refractivity contribution in [1.82, 2.24) is 0 Å². The van der Waals surface area contributed by atoms with Crippen LogP contribution in [-0.2, 0) is 9.59 Å². The van der Waals surface area contributed by atoms with Crippen LogP contribution >= 0.6 is 0 Å². The van der Waals surface area contributed by atoms with Crippen molar-refractivity contribution in [2.45, 2.75) is 13.3 Å². The minimum atomic E-state index is -0.946. The Hall–Kier alpha value is -1.12. The largest absolute Gasteiger partial charge is 0.481 e. The second-order valence-corrected chi connectivity index (χ2v) is 2.15. The highest BCUT2D eigenvalue weighted by atomic mass is 16.4. The molecule has 0 spiro atoms. The van der Waals surface area contributed by atoms with E-state index in [2.05, 4.69) is 6.58 Å². The van der Waals surface area contributed by atoms with E-state index in [4.69, 9.17) is 5.11 Å². The molecule has 0 aliphatic rings. The van der Waals surface area contributed by atoms with E-state index in [0.717, 1.165) is 0 Å². The number of hydrogen-bond acceptors (Lipinski definition) is 2. The number of carboxylic acids is 1. The number of aldehydes is 1. The van der Waals surface area contributed by atoms with Gasteiger partial charge in [-0.05, 0) is 0 Å². The van der Waals surface area contributed by atoms with Gasteiger partial charge in [0.05, 0.1) is 6.42 Å². The molecule has 0 aromatic heterocycles. The van der Waals surface area contributed by atoms with Crippen molar-refractivity contribution in [3.8, 4) is 0 Å². The number of rotatable bonds is 4. The lowest BCUT2D eigenvalue weighted by molar-refractivity contribution is -0.136. The maximum Gasteiger partial charge on any atom is 0.307 e. The van der Waals surface area contributed by atoms with E-state index in [1.165, 1.54) is 0 Å². The first-order valence-electron chi connectivity index (χ1n) is 2.92. The minimum absolute atomic E-state index is 0.125. The molecule has 1 N–H and O–H groups in total. The SMILES string of the molecule is C=C(CC(=O)O)C(C)C=O. The van der Waals surface area contributed by atoms with Crippen LogP contribution in [0, 0.1) is 5.92 Å². The number of carboxylic acid groups (broad SMARTS) is 1. The topological polar surface area (TPSA) is 54.4 Å². The number of aliphatic carboxylic acids is 1. The molecule has 0 bridgehead atoms. The van der Waals surface area contributed by atoms with Gasteiger partial charge >= 0.3 is 5.97 Å². The summed E-state index contributed by atoms with van der Waals surface area (Å²) in [5.74, 6) is -1.30. The summed E-state index contributed by atoms with van der Waals surface area (Å²) < 4.78 is 0. The highest BCUT2D eigenvalue weighted by Crippen LogP contribution is 2.08. The predicted molar refractivity (Wildman–Crippen MR) is 36.6 cm³/mol. The molecule has 0 heterocycles. The van der Waals surface area contributed by atoms with Crippen molar-refractivity contribution in [2.24, 2.45) is 5.92 Å². The van der Waals surface area contributed by atoms with Crippen LogP contribution in [0.3, 0.4) is 0 Å². The average molecular weight is 142 g/mol. The normalized spacial score (nSPS) is 12.1. The molecular formula is C7H10O3. The van der Waals surface area contributed by atoms with Gasteiger partial charge in [0.1, 0.15) is 6.29 Å². The maximum absolute atomic E-state index is 10.1. The van der Waals surface area contributed by atoms with Gasteiger partial charge in [-0.2, -0.15) is 0 Å². The molecular weight excluding hydrogens is 132 g/mol. The minimum Gasteiger partial charge on any atom is -0.481 e. The van der Waals surface area contributed by atoms with E-state index in [0.29, 0.717) is 11.9 Å². The zero-order chi connectivity index (χ0) is 8.15. The molecule has 10 heavy (non-hydrogen) atoms. The molecule has 0 aromatic carbocycles. The Labute approximate surface area is 59.4 Å². The Morgan fingerprint density at radius 2 is 2.30 bits per heavy atom. The molecule has 0 aromatic rings. The van der Waals surface area contributed by atoms with Crippen LogP contribution in [0.1, 0.15) is 13.3 Å². The van der Waals surface area contributed by atoms with Crippen LogP contribution in [-0.4, -0.2) is 17.4 Å². The molecule has 1 unspecified atom stereocenters. The highest BCUT2D eigenvalue weighted by molar-refractivity contribution is 5.72. The summed E-state index contributed by atoms with van der Waals surface area (Å²) in [4.78, 5) is 20.1. The number of carbonyl (C=O) groups excluding carboxylic acids is 1. The highest BCUT2D eigenvalue weighted by Gasteiger charge is 2.07. The third kappa shape index (κ3) is 3.02. The summed E-state index contributed by atoms with van der Waals surface area (Å²) in [6.45, 7) is 5.08. The van der Waals surface area contributed by atoms with Gasteiger partial charge in [-0.15, -0.1) is 0 Å². The molecule has 0 fully saturated rings. The van der Waals surface area contributed by atoms with E-state index in [9.17, 15) is 9.59 Å². The van der Waals surface area contributed by atoms with Crippen LogP contribution < -0.4 is 0 Å². The standard InChI is InChI=1S/C7H10O3/c1-5(3-7(9)10)6(2)4-8/h4,6H,1,3H2,2H3,(H,9,10). The molecule has 0 amide bonds. The van der Waals surface area contributed by atoms with Gasteiger partial charge in [0.2, 0.25) is 0 Å². The van der Waals surface area contributed by atoms with Crippen molar-refractivity contribution >= 4 is 12.3 Å². The van der Waals surface area contributed by atoms with Gasteiger partial charge in [0.25, 0.3) is 0 Å². The summed E-state index contributed by atoms with van der Waals surface area (Å²) in [5.41, 5.74) is 0.447. The molecule has 3 nitrogen and oxygen atoms in total. The van der Waals surface area contributed by atoms with Crippen LogP contribution in [0.25, 0.3) is 0 Å². The first kappa shape index (κ1) is 8.88. The lowest BCUT2D eigenvalue weighted by atomic mass is 10.0. The van der Waals surface area contributed by atoms with Gasteiger partial charge in [-0.25, -0.2) is 0 Å². The number of carbonyl (C=O) groups is 2. The Bertz CT molecular complexity index is 160. The van der Waals surface area contributed by atoms with E-state index in [-0.39, 0.29) is 12.3 Å². The fourth-order valence-corrected chi connectivity index (χ4v) is 0.451. The van der Waals surface area contributed by atoms with Gasteiger partial charge in [-0.3, -0.25) is 4.79 Å². The van der Waals surface area contributed by atoms with Crippen molar-refractivity contribution in [3.63, 3.8) is 0 Å². The Morgan fingerprint density at radius 1 is 1.80 bits per heavy atom. The second kappa shape index (κ2) is 3.82. The Kier molecular flexibility index (Phi) is 3.39. The van der Waals surface area contributed by atoms with E-state index < -0.39 is 5.97 Å². The van der Waals surface area contributed by atoms with Crippen LogP contribution in [0.15, 0.2) is 12.2 Å². The van der Waals surface area contributed by atoms with Gasteiger partial charge in [0.15, 0.2) is 0 Å². The molecule has 0 rings (SSSR count). The van der Waals surface area contributed by atoms with Crippen molar-refractivity contribution in [2.75, 3.05) is 0 Å². The van der Waals surface area contributed by atoms with E-state index >= 15 is 0 Å². The zero-order valence-electron chi connectivity index (χ0n) is 5.83. The molecule has 0 aliphatic carbocycles. The van der Waals surface area contributed by atoms with Crippen molar-refractivity contribution in [3.05, 3.63) is 12.2 Å². The maximum atomic E-state index is 10.1. The van der Waals surface area contributed by atoms with Gasteiger partial charge in [-0.1, -0.05) is 19.1 Å². The van der Waals surface area contributed by atoms with Gasteiger partial charge < -0.3 is 9.90 Å². The smallest absolute Gasteiger partial charge is 0.307 e. The summed E-state index contributed by atoms with van der Waals surface area (Å²) in [7, 11) is 0. The first-order valence-corrected chi connectivity index (χ1v) is 2.92. The fourth-order valence-electron chi connectivity index (χ4n) is 0.451. The Balaban J connectivity index is 3.84. The van der Waals surface area contributed by atoms with E-state index in [1.807, 2.05) is 0 Å². The molecule has 0 radical (unpaired) electrons. The van der Waals surface area contributed by atoms with Crippen molar-refractivity contribution < 1.29 is 14.7 Å². The van der Waals surface area contributed by atoms with Crippen molar-refractivity contribution in [1.29, 1.82) is 0 Å². The quantitative estimate of drug-likeness (QED) is 0.467.